The average Bonchev–Trinajstić information content (AvgIpc) is 3.21. The van der Waals surface area contributed by atoms with Crippen LogP contribution in [0.2, 0.25) is 10.0 Å². The molecule has 1 atom stereocenters. The molecule has 0 amide bonds. The van der Waals surface area contributed by atoms with E-state index in [0.29, 0.717) is 16.5 Å². The van der Waals surface area contributed by atoms with Crippen LogP contribution in [0.25, 0.3) is 0 Å². The molecular formula is C24H21Cl2N3O4S. The van der Waals surface area contributed by atoms with Gasteiger partial charge in [0.1, 0.15) is 39.9 Å². The van der Waals surface area contributed by atoms with E-state index in [-0.39, 0.29) is 33.1 Å². The second kappa shape index (κ2) is 10.1. The zero-order valence-corrected chi connectivity index (χ0v) is 20.5. The van der Waals surface area contributed by atoms with Crippen LogP contribution in [-0.2, 0) is 10.0 Å². The lowest BCUT2D eigenvalue weighted by atomic mass is 10.2. The van der Waals surface area contributed by atoms with Crippen LogP contribution in [0.1, 0.15) is 12.0 Å². The molecule has 1 aliphatic heterocycles. The van der Waals surface area contributed by atoms with Crippen molar-refractivity contribution in [1.82, 2.24) is 4.90 Å². The number of hydrogen-bond donors (Lipinski definition) is 1. The highest BCUT2D eigenvalue weighted by atomic mass is 35.5. The van der Waals surface area contributed by atoms with Gasteiger partial charge in [-0.1, -0.05) is 41.4 Å². The molecule has 0 bridgehead atoms. The second-order valence-corrected chi connectivity index (χ2v) is 10.3. The zero-order valence-electron chi connectivity index (χ0n) is 18.2. The minimum atomic E-state index is -4.06. The van der Waals surface area contributed by atoms with Crippen LogP contribution in [0.5, 0.6) is 17.2 Å². The number of ether oxygens (including phenoxy) is 2. The van der Waals surface area contributed by atoms with Crippen molar-refractivity contribution >= 4 is 38.9 Å². The van der Waals surface area contributed by atoms with Crippen LogP contribution >= 0.6 is 23.2 Å². The molecule has 0 spiro atoms. The normalized spacial score (nSPS) is 16.1. The standard InChI is InChI=1S/C24H21Cl2N3O4S/c1-29-12-11-17(15-29)32-23-13-16(9-10-20(23)26)28-34(30,31)24-8-3-2-6-22(24)33-21-7-4-5-19(25)18(21)14-27/h2-10,13,17,28H,11-12,15H2,1H3. The summed E-state index contributed by atoms with van der Waals surface area (Å²) in [5, 5.41) is 10.00. The molecule has 0 aliphatic carbocycles. The predicted octanol–water partition coefficient (Wildman–Crippen LogP) is 5.54. The summed E-state index contributed by atoms with van der Waals surface area (Å²) in [6.07, 6.45) is 0.845. The Labute approximate surface area is 208 Å². The topological polar surface area (TPSA) is 91.7 Å². The van der Waals surface area contributed by atoms with Gasteiger partial charge in [0.05, 0.1) is 15.7 Å². The molecule has 0 radical (unpaired) electrons. The van der Waals surface area contributed by atoms with Crippen molar-refractivity contribution in [2.45, 2.75) is 17.4 Å². The Kier molecular flexibility index (Phi) is 7.19. The van der Waals surface area contributed by atoms with Crippen LogP contribution in [-0.4, -0.2) is 39.6 Å². The Morgan fingerprint density at radius 3 is 2.53 bits per heavy atom. The Morgan fingerprint density at radius 2 is 1.79 bits per heavy atom. The SMILES string of the molecule is CN1CCC(Oc2cc(NS(=O)(=O)c3ccccc3Oc3cccc(Cl)c3C#N)ccc2Cl)C1. The molecule has 34 heavy (non-hydrogen) atoms. The van der Waals surface area contributed by atoms with Gasteiger partial charge in [0.25, 0.3) is 10.0 Å². The molecule has 3 aromatic rings. The van der Waals surface area contributed by atoms with E-state index >= 15 is 0 Å². The van der Waals surface area contributed by atoms with E-state index in [4.69, 9.17) is 32.7 Å². The summed E-state index contributed by atoms with van der Waals surface area (Å²) in [5.74, 6) is 0.610. The highest BCUT2D eigenvalue weighted by Crippen LogP contribution is 2.35. The number of likely N-dealkylation sites (N-methyl/N-ethyl adjacent to an activating group) is 1. The number of anilines is 1. The number of nitrogens with zero attached hydrogens (tertiary/aromatic N) is 2. The fourth-order valence-electron chi connectivity index (χ4n) is 3.61. The molecule has 1 aliphatic rings. The van der Waals surface area contributed by atoms with Crippen LogP contribution in [0.4, 0.5) is 5.69 Å². The summed E-state index contributed by atoms with van der Waals surface area (Å²) >= 11 is 12.4. The van der Waals surface area contributed by atoms with Crippen LogP contribution in [0.3, 0.4) is 0 Å². The molecule has 4 rings (SSSR count). The molecule has 0 aromatic heterocycles. The van der Waals surface area contributed by atoms with Gasteiger partial charge in [-0.25, -0.2) is 8.42 Å². The van der Waals surface area contributed by atoms with Gasteiger partial charge in [-0.15, -0.1) is 0 Å². The Morgan fingerprint density at radius 1 is 1.03 bits per heavy atom. The maximum Gasteiger partial charge on any atom is 0.265 e. The van der Waals surface area contributed by atoms with Gasteiger partial charge in [-0.05, 0) is 49.9 Å². The fourth-order valence-corrected chi connectivity index (χ4v) is 5.16. The Hall–Kier alpha value is -2.96. The molecule has 1 heterocycles. The van der Waals surface area contributed by atoms with Crippen LogP contribution < -0.4 is 14.2 Å². The third-order valence-corrected chi connectivity index (χ3v) is 7.32. The van der Waals surface area contributed by atoms with Gasteiger partial charge < -0.3 is 14.4 Å². The number of hydrogen-bond acceptors (Lipinski definition) is 6. The van der Waals surface area contributed by atoms with Crippen molar-refractivity contribution in [3.63, 3.8) is 0 Å². The van der Waals surface area contributed by atoms with Gasteiger partial charge >= 0.3 is 0 Å². The van der Waals surface area contributed by atoms with Crippen molar-refractivity contribution in [3.8, 4) is 23.3 Å². The van der Waals surface area contributed by atoms with Crippen LogP contribution in [0, 0.1) is 11.3 Å². The van der Waals surface area contributed by atoms with Crippen LogP contribution in [0.15, 0.2) is 65.6 Å². The largest absolute Gasteiger partial charge is 0.487 e. The Bertz CT molecular complexity index is 1360. The van der Waals surface area contributed by atoms with E-state index < -0.39 is 10.0 Å². The molecule has 176 valence electrons. The lowest BCUT2D eigenvalue weighted by Crippen LogP contribution is -2.21. The van der Waals surface area contributed by atoms with E-state index in [1.807, 2.05) is 13.1 Å². The molecule has 3 aromatic carbocycles. The molecule has 10 heteroatoms. The fraction of sp³-hybridized carbons (Fsp3) is 0.208. The summed E-state index contributed by atoms with van der Waals surface area (Å²) < 4.78 is 40.9. The molecule has 0 saturated carbocycles. The highest BCUT2D eigenvalue weighted by molar-refractivity contribution is 7.92. The third-order valence-electron chi connectivity index (χ3n) is 5.27. The van der Waals surface area contributed by atoms with Gasteiger partial charge in [0.2, 0.25) is 0 Å². The van der Waals surface area contributed by atoms with Gasteiger partial charge in [-0.3, -0.25) is 4.72 Å². The van der Waals surface area contributed by atoms with E-state index in [2.05, 4.69) is 9.62 Å². The highest BCUT2D eigenvalue weighted by Gasteiger charge is 2.24. The van der Waals surface area contributed by atoms with Crippen molar-refractivity contribution in [1.29, 1.82) is 5.26 Å². The Balaban J connectivity index is 1.60. The number of para-hydroxylation sites is 1. The molecule has 1 N–H and O–H groups in total. The minimum Gasteiger partial charge on any atom is -0.487 e. The van der Waals surface area contributed by atoms with Gasteiger partial charge in [0, 0.05) is 19.2 Å². The first kappa shape index (κ1) is 24.2. The van der Waals surface area contributed by atoms with E-state index in [0.717, 1.165) is 19.5 Å². The number of benzene rings is 3. The smallest absolute Gasteiger partial charge is 0.265 e. The third kappa shape index (κ3) is 5.40. The molecule has 7 nitrogen and oxygen atoms in total. The molecule has 1 saturated heterocycles. The number of halogens is 2. The van der Waals surface area contributed by atoms with Gasteiger partial charge in [0.15, 0.2) is 0 Å². The van der Waals surface area contributed by atoms with E-state index in [1.165, 1.54) is 12.1 Å². The molecular weight excluding hydrogens is 497 g/mol. The van der Waals surface area contributed by atoms with Crippen molar-refractivity contribution in [2.24, 2.45) is 0 Å². The lowest BCUT2D eigenvalue weighted by molar-refractivity contribution is 0.208. The lowest BCUT2D eigenvalue weighted by Gasteiger charge is -2.17. The van der Waals surface area contributed by atoms with Gasteiger partial charge in [-0.2, -0.15) is 5.26 Å². The van der Waals surface area contributed by atoms with E-state index in [9.17, 15) is 13.7 Å². The molecule has 1 unspecified atom stereocenters. The first-order chi connectivity index (χ1) is 16.3. The number of nitriles is 1. The number of nitrogens with one attached hydrogen (secondary N) is 1. The summed E-state index contributed by atoms with van der Waals surface area (Å²) in [5.41, 5.74) is 0.405. The van der Waals surface area contributed by atoms with Crippen molar-refractivity contribution in [2.75, 3.05) is 24.9 Å². The monoisotopic (exact) mass is 517 g/mol. The van der Waals surface area contributed by atoms with Crippen molar-refractivity contribution in [3.05, 3.63) is 76.3 Å². The average molecular weight is 518 g/mol. The molecule has 1 fully saturated rings. The first-order valence-electron chi connectivity index (χ1n) is 10.4. The first-order valence-corrected chi connectivity index (χ1v) is 12.6. The summed E-state index contributed by atoms with van der Waals surface area (Å²) in [6, 6.07) is 17.5. The maximum atomic E-state index is 13.3. The van der Waals surface area contributed by atoms with Crippen molar-refractivity contribution < 1.29 is 17.9 Å². The maximum absolute atomic E-state index is 13.3. The number of sulfonamides is 1. The summed E-state index contributed by atoms with van der Waals surface area (Å²) in [7, 11) is -2.05. The van der Waals surface area contributed by atoms with E-state index in [1.54, 1.807) is 48.5 Å². The quantitative estimate of drug-likeness (QED) is 0.442. The summed E-state index contributed by atoms with van der Waals surface area (Å²) in [4.78, 5) is 2.05. The number of likely N-dealkylation sites (tertiary alicyclic amines) is 1. The zero-order chi connectivity index (χ0) is 24.3. The summed E-state index contributed by atoms with van der Waals surface area (Å²) in [6.45, 7) is 1.69. The predicted molar refractivity (Wildman–Crippen MR) is 131 cm³/mol. The number of rotatable bonds is 7. The minimum absolute atomic E-state index is 0.0180. The second-order valence-electron chi connectivity index (χ2n) is 7.82.